The van der Waals surface area contributed by atoms with Crippen LogP contribution in [0.3, 0.4) is 0 Å². The van der Waals surface area contributed by atoms with Gasteiger partial charge in [-0.3, -0.25) is 14.9 Å². The Balaban J connectivity index is 2.31. The molecule has 0 N–H and O–H groups in total. The summed E-state index contributed by atoms with van der Waals surface area (Å²) in [6.07, 6.45) is 2.61. The van der Waals surface area contributed by atoms with Crippen LogP contribution in [0.25, 0.3) is 0 Å². The lowest BCUT2D eigenvalue weighted by molar-refractivity contribution is -0.481. The molecular weight excluding hydrogens is 226 g/mol. The molecule has 0 aliphatic heterocycles. The van der Waals surface area contributed by atoms with Gasteiger partial charge in [0.05, 0.1) is 5.92 Å². The van der Waals surface area contributed by atoms with Crippen molar-refractivity contribution in [2.75, 3.05) is 6.54 Å². The van der Waals surface area contributed by atoms with Gasteiger partial charge in [0.25, 0.3) is 0 Å². The van der Waals surface area contributed by atoms with Crippen molar-refractivity contribution in [2.24, 2.45) is 0 Å². The first kappa shape index (κ1) is 11.0. The summed E-state index contributed by atoms with van der Waals surface area (Å²) in [5, 5.41) is 12.5. The van der Waals surface area contributed by atoms with E-state index in [1.54, 1.807) is 0 Å². The first-order valence-corrected chi connectivity index (χ1v) is 5.92. The number of nitro groups is 1. The molecule has 84 valence electrons. The Hall–Kier alpha value is -1.49. The van der Waals surface area contributed by atoms with Crippen LogP contribution in [0.5, 0.6) is 0 Å². The van der Waals surface area contributed by atoms with Gasteiger partial charge in [-0.25, -0.2) is 0 Å². The minimum Gasteiger partial charge on any atom is -0.298 e. The number of carbonyl (C=O) groups is 1. The van der Waals surface area contributed by atoms with Gasteiger partial charge in [0.2, 0.25) is 6.54 Å². The molecule has 0 radical (unpaired) electrons. The maximum Gasteiger partial charge on any atom is 0.215 e. The predicted octanol–water partition coefficient (Wildman–Crippen LogP) is 2.40. The van der Waals surface area contributed by atoms with Gasteiger partial charge in [-0.1, -0.05) is 11.6 Å². The molecule has 0 amide bonds. The van der Waals surface area contributed by atoms with Gasteiger partial charge in [0, 0.05) is 15.4 Å². The molecule has 1 aliphatic rings. The van der Waals surface area contributed by atoms with Crippen molar-refractivity contribution in [3.8, 4) is 0 Å². The number of allylic oxidation sites excluding steroid dienone is 1. The second-order valence-electron chi connectivity index (χ2n) is 3.76. The normalized spacial score (nSPS) is 15.6. The van der Waals surface area contributed by atoms with Gasteiger partial charge in [-0.15, -0.1) is 11.3 Å². The van der Waals surface area contributed by atoms with Crippen molar-refractivity contribution in [3.05, 3.63) is 43.7 Å². The third kappa shape index (κ3) is 2.36. The van der Waals surface area contributed by atoms with Crippen LogP contribution < -0.4 is 0 Å². The first-order chi connectivity index (χ1) is 7.72. The van der Waals surface area contributed by atoms with Gasteiger partial charge in [-0.05, 0) is 24.3 Å². The van der Waals surface area contributed by atoms with Gasteiger partial charge in [0.1, 0.15) is 6.29 Å². The van der Waals surface area contributed by atoms with E-state index in [4.69, 9.17) is 0 Å². The maximum absolute atomic E-state index is 11.0. The smallest absolute Gasteiger partial charge is 0.215 e. The van der Waals surface area contributed by atoms with Crippen molar-refractivity contribution in [1.29, 1.82) is 0 Å². The van der Waals surface area contributed by atoms with E-state index in [-0.39, 0.29) is 17.4 Å². The fourth-order valence-corrected chi connectivity index (χ4v) is 2.58. The molecule has 1 fully saturated rings. The predicted molar refractivity (Wildman–Crippen MR) is 61.2 cm³/mol. The standard InChI is InChI=1S/C11H11NO3S/c13-7-10(8-3-4-8)9(6-12(14)15)11-2-1-5-16-11/h1-2,5,7,9H,3-4,6H2. The van der Waals surface area contributed by atoms with E-state index in [1.807, 2.05) is 17.5 Å². The lowest BCUT2D eigenvalue weighted by atomic mass is 9.97. The van der Waals surface area contributed by atoms with Gasteiger partial charge in [0.15, 0.2) is 0 Å². The molecule has 1 unspecified atom stereocenters. The molecule has 1 atom stereocenters. The van der Waals surface area contributed by atoms with E-state index >= 15 is 0 Å². The molecule has 1 aromatic rings. The fraction of sp³-hybridized carbons (Fsp3) is 0.364. The van der Waals surface area contributed by atoms with Crippen LogP contribution in [0.4, 0.5) is 0 Å². The summed E-state index contributed by atoms with van der Waals surface area (Å²) in [5.74, 6) is -0.356. The number of nitrogens with zero attached hydrogens (tertiary/aromatic N) is 1. The monoisotopic (exact) mass is 237 g/mol. The molecule has 0 spiro atoms. The Kier molecular flexibility index (Phi) is 3.14. The largest absolute Gasteiger partial charge is 0.298 e. The number of aldehydes is 1. The van der Waals surface area contributed by atoms with E-state index in [1.165, 1.54) is 11.3 Å². The quantitative estimate of drug-likeness (QED) is 0.342. The van der Waals surface area contributed by atoms with Crippen LogP contribution in [0.2, 0.25) is 0 Å². The molecule has 1 aliphatic carbocycles. The lowest BCUT2D eigenvalue weighted by Crippen LogP contribution is -2.14. The summed E-state index contributed by atoms with van der Waals surface area (Å²) >= 11 is 1.46. The van der Waals surface area contributed by atoms with Crippen molar-refractivity contribution >= 4 is 17.6 Å². The number of hydrogen-bond donors (Lipinski definition) is 0. The molecule has 1 aromatic heterocycles. The molecule has 5 heteroatoms. The molecular formula is C11H11NO3S. The lowest BCUT2D eigenvalue weighted by Gasteiger charge is -2.10. The zero-order chi connectivity index (χ0) is 11.5. The number of rotatable bonds is 5. The Morgan fingerprint density at radius 2 is 2.38 bits per heavy atom. The van der Waals surface area contributed by atoms with Gasteiger partial charge in [-0.2, -0.15) is 0 Å². The van der Waals surface area contributed by atoms with E-state index < -0.39 is 0 Å². The summed E-state index contributed by atoms with van der Waals surface area (Å²) in [5.41, 5.74) is 1.70. The minimum atomic E-state index is -0.356. The van der Waals surface area contributed by atoms with Crippen LogP contribution in [-0.2, 0) is 4.79 Å². The summed E-state index contributed by atoms with van der Waals surface area (Å²) < 4.78 is 0. The second-order valence-corrected chi connectivity index (χ2v) is 4.74. The van der Waals surface area contributed by atoms with Gasteiger partial charge < -0.3 is 0 Å². The highest BCUT2D eigenvalue weighted by Gasteiger charge is 2.29. The van der Waals surface area contributed by atoms with Crippen LogP contribution in [0.1, 0.15) is 23.6 Å². The minimum absolute atomic E-state index is 0.196. The Bertz CT molecular complexity index is 430. The number of hydrogen-bond acceptors (Lipinski definition) is 4. The summed E-state index contributed by atoms with van der Waals surface area (Å²) in [6, 6.07) is 3.71. The van der Waals surface area contributed by atoms with Crippen LogP contribution in [-0.4, -0.2) is 17.8 Å². The summed E-state index contributed by atoms with van der Waals surface area (Å²) in [4.78, 5) is 22.2. The molecule has 0 aromatic carbocycles. The van der Waals surface area contributed by atoms with Crippen LogP contribution >= 0.6 is 11.3 Å². The average molecular weight is 237 g/mol. The van der Waals surface area contributed by atoms with Crippen molar-refractivity contribution in [2.45, 2.75) is 18.8 Å². The maximum atomic E-state index is 11.0. The fourth-order valence-electron chi connectivity index (χ4n) is 1.74. The second kappa shape index (κ2) is 4.57. The van der Waals surface area contributed by atoms with E-state index in [0.29, 0.717) is 5.57 Å². The Labute approximate surface area is 96.7 Å². The number of carbonyl (C=O) groups excluding carboxylic acids is 1. The highest BCUT2D eigenvalue weighted by atomic mass is 32.1. The molecule has 2 rings (SSSR count). The molecule has 1 heterocycles. The van der Waals surface area contributed by atoms with E-state index in [9.17, 15) is 14.9 Å². The van der Waals surface area contributed by atoms with Crippen molar-refractivity contribution in [3.63, 3.8) is 0 Å². The van der Waals surface area contributed by atoms with Crippen LogP contribution in [0.15, 0.2) is 28.7 Å². The SMILES string of the molecule is O=CC(=C1CC1)C(C[N+](=O)[O-])c1cccs1. The molecule has 4 nitrogen and oxygen atoms in total. The highest BCUT2D eigenvalue weighted by molar-refractivity contribution is 7.10. The van der Waals surface area contributed by atoms with Crippen LogP contribution in [0, 0.1) is 10.1 Å². The molecule has 1 saturated carbocycles. The summed E-state index contributed by atoms with van der Waals surface area (Å²) in [6.45, 7) is -0.196. The molecule has 0 saturated heterocycles. The zero-order valence-electron chi connectivity index (χ0n) is 8.59. The van der Waals surface area contributed by atoms with Crippen molar-refractivity contribution in [1.82, 2.24) is 0 Å². The first-order valence-electron chi connectivity index (χ1n) is 5.04. The Morgan fingerprint density at radius 3 is 2.81 bits per heavy atom. The van der Waals surface area contributed by atoms with Crippen molar-refractivity contribution < 1.29 is 9.72 Å². The molecule has 0 bridgehead atoms. The third-order valence-electron chi connectivity index (χ3n) is 2.63. The zero-order valence-corrected chi connectivity index (χ0v) is 9.40. The summed E-state index contributed by atoms with van der Waals surface area (Å²) in [7, 11) is 0. The van der Waals surface area contributed by atoms with Gasteiger partial charge >= 0.3 is 0 Å². The topological polar surface area (TPSA) is 60.2 Å². The average Bonchev–Trinajstić information content (AvgIpc) is 2.93. The molecule has 16 heavy (non-hydrogen) atoms. The van der Waals surface area contributed by atoms with E-state index in [2.05, 4.69) is 0 Å². The number of thiophene rings is 1. The highest BCUT2D eigenvalue weighted by Crippen LogP contribution is 2.38. The Morgan fingerprint density at radius 1 is 1.62 bits per heavy atom. The van der Waals surface area contributed by atoms with E-state index in [0.717, 1.165) is 29.6 Å². The third-order valence-corrected chi connectivity index (χ3v) is 3.61.